The van der Waals surface area contributed by atoms with E-state index in [4.69, 9.17) is 14.7 Å². The number of carbonyl (C=O) groups excluding carboxylic acids is 2. The van der Waals surface area contributed by atoms with Crippen LogP contribution in [0.25, 0.3) is 11.1 Å². The number of hydroxylamine groups is 1. The molecular formula is C42H51N3O6. The normalized spacial score (nSPS) is 17.9. The molecule has 4 aromatic carbocycles. The Kier molecular flexibility index (Phi) is 14.3. The Bertz CT molecular complexity index is 1660. The molecule has 0 aliphatic carbocycles. The van der Waals surface area contributed by atoms with E-state index in [0.29, 0.717) is 25.8 Å². The monoisotopic (exact) mass is 693 g/mol. The molecule has 2 amide bonds. The van der Waals surface area contributed by atoms with Crippen LogP contribution in [0.5, 0.6) is 0 Å². The third kappa shape index (κ3) is 11.1. The first-order valence-corrected chi connectivity index (χ1v) is 18.0. The van der Waals surface area contributed by atoms with E-state index in [9.17, 15) is 14.7 Å². The van der Waals surface area contributed by atoms with Crippen LogP contribution < -0.4 is 10.8 Å². The number of benzene rings is 4. The number of likely N-dealkylation sites (N-methyl/N-ethyl adjacent to an activating group) is 1. The van der Waals surface area contributed by atoms with Crippen LogP contribution in [0.3, 0.4) is 0 Å². The largest absolute Gasteiger partial charge is 0.392 e. The molecular weight excluding hydrogens is 642 g/mol. The number of carbonyl (C=O) groups is 2. The third-order valence-corrected chi connectivity index (χ3v) is 9.72. The molecule has 1 aliphatic rings. The second-order valence-corrected chi connectivity index (χ2v) is 13.4. The maximum absolute atomic E-state index is 12.6. The van der Waals surface area contributed by atoms with Gasteiger partial charge >= 0.3 is 0 Å². The smallest absolute Gasteiger partial charge is 0.243 e. The Labute approximate surface area is 301 Å². The van der Waals surface area contributed by atoms with Crippen molar-refractivity contribution >= 4 is 11.8 Å². The zero-order valence-corrected chi connectivity index (χ0v) is 29.7. The molecule has 270 valence electrons. The maximum Gasteiger partial charge on any atom is 0.243 e. The SMILES string of the molecule is C[C@@H](c1ccccc1)N(C)C[C@@H]1C[C@H](c2ccc(CO)cc2)O[C@H](c2ccc(-c3ccccc3CNC(=O)CCCCCCC(=O)NO)cc2)O1. The first-order valence-electron chi connectivity index (χ1n) is 18.0. The zero-order chi connectivity index (χ0) is 36.0. The maximum atomic E-state index is 12.6. The molecule has 0 unspecified atom stereocenters. The number of amides is 2. The number of aliphatic hydroxyl groups excluding tert-OH is 1. The van der Waals surface area contributed by atoms with Gasteiger partial charge in [0.1, 0.15) is 0 Å². The van der Waals surface area contributed by atoms with Crippen LogP contribution in [-0.2, 0) is 32.2 Å². The summed E-state index contributed by atoms with van der Waals surface area (Å²) in [4.78, 5) is 26.0. The zero-order valence-electron chi connectivity index (χ0n) is 29.7. The lowest BCUT2D eigenvalue weighted by Gasteiger charge is -2.39. The minimum absolute atomic E-state index is 0.000691. The van der Waals surface area contributed by atoms with Gasteiger partial charge in [0.05, 0.1) is 18.8 Å². The van der Waals surface area contributed by atoms with Gasteiger partial charge in [-0.25, -0.2) is 5.48 Å². The van der Waals surface area contributed by atoms with Crippen LogP contribution >= 0.6 is 0 Å². The number of nitrogens with zero attached hydrogens (tertiary/aromatic N) is 1. The number of hydrogen-bond donors (Lipinski definition) is 4. The highest BCUT2D eigenvalue weighted by atomic mass is 16.7. The minimum Gasteiger partial charge on any atom is -0.392 e. The molecule has 9 heteroatoms. The second-order valence-electron chi connectivity index (χ2n) is 13.4. The summed E-state index contributed by atoms with van der Waals surface area (Å²) in [6.07, 6.45) is 3.75. The van der Waals surface area contributed by atoms with E-state index in [0.717, 1.165) is 59.2 Å². The number of hydrogen-bond acceptors (Lipinski definition) is 7. The highest BCUT2D eigenvalue weighted by Crippen LogP contribution is 2.39. The van der Waals surface area contributed by atoms with Crippen molar-refractivity contribution in [1.82, 2.24) is 15.7 Å². The summed E-state index contributed by atoms with van der Waals surface area (Å²) in [5.74, 6) is -0.382. The van der Waals surface area contributed by atoms with Crippen molar-refractivity contribution in [2.24, 2.45) is 0 Å². The molecule has 4 atom stereocenters. The van der Waals surface area contributed by atoms with Crippen molar-refractivity contribution in [3.05, 3.63) is 131 Å². The van der Waals surface area contributed by atoms with E-state index < -0.39 is 6.29 Å². The van der Waals surface area contributed by atoms with Gasteiger partial charge in [0.25, 0.3) is 0 Å². The van der Waals surface area contributed by atoms with Gasteiger partial charge in [-0.1, -0.05) is 116 Å². The van der Waals surface area contributed by atoms with Gasteiger partial charge in [-0.3, -0.25) is 19.7 Å². The van der Waals surface area contributed by atoms with Crippen molar-refractivity contribution in [3.8, 4) is 11.1 Å². The van der Waals surface area contributed by atoms with Crippen molar-refractivity contribution in [2.75, 3.05) is 13.6 Å². The van der Waals surface area contributed by atoms with Gasteiger partial charge in [-0.05, 0) is 60.2 Å². The molecule has 4 aromatic rings. The van der Waals surface area contributed by atoms with Crippen molar-refractivity contribution in [1.29, 1.82) is 0 Å². The standard InChI is InChI=1S/C42H51N3O6/c1-30(32-12-6-5-7-13-32)45(2)28-37-26-39(34-20-18-31(29-46)19-21-34)51-42(50-37)35-24-22-33(23-25-35)38-15-11-10-14-36(38)27-43-40(47)16-8-3-4-9-17-41(48)44-49/h5-7,10-15,18-25,30,37,39,42,46,49H,3-4,8-9,16-17,26-29H2,1-2H3,(H,43,47)(H,44,48)/t30-,37-,39+,42+/m0/s1. The lowest BCUT2D eigenvalue weighted by Crippen LogP contribution is -2.38. The lowest BCUT2D eigenvalue weighted by molar-refractivity contribution is -0.253. The number of unbranched alkanes of at least 4 members (excludes halogenated alkanes) is 3. The molecule has 0 radical (unpaired) electrons. The van der Waals surface area contributed by atoms with Crippen molar-refractivity contribution in [3.63, 3.8) is 0 Å². The summed E-state index contributed by atoms with van der Waals surface area (Å²) in [6, 6.07) is 35.0. The molecule has 1 fully saturated rings. The average Bonchev–Trinajstić information content (AvgIpc) is 3.18. The molecule has 1 saturated heterocycles. The summed E-state index contributed by atoms with van der Waals surface area (Å²) >= 11 is 0. The molecule has 51 heavy (non-hydrogen) atoms. The van der Waals surface area contributed by atoms with Gasteiger partial charge in [-0.15, -0.1) is 0 Å². The summed E-state index contributed by atoms with van der Waals surface area (Å²) in [7, 11) is 2.13. The predicted molar refractivity (Wildman–Crippen MR) is 197 cm³/mol. The Morgan fingerprint density at radius 3 is 2.14 bits per heavy atom. The number of ether oxygens (including phenoxy) is 2. The molecule has 9 nitrogen and oxygen atoms in total. The van der Waals surface area contributed by atoms with Crippen LogP contribution in [0.1, 0.15) is 98.1 Å². The van der Waals surface area contributed by atoms with Crippen molar-refractivity contribution < 1.29 is 29.4 Å². The highest BCUT2D eigenvalue weighted by Gasteiger charge is 2.33. The van der Waals surface area contributed by atoms with E-state index in [1.165, 1.54) is 5.56 Å². The van der Waals surface area contributed by atoms with Gasteiger partial charge in [-0.2, -0.15) is 0 Å². The Balaban J connectivity index is 1.23. The Hall–Kier alpha value is -4.38. The predicted octanol–water partition coefficient (Wildman–Crippen LogP) is 7.55. The molecule has 0 saturated carbocycles. The van der Waals surface area contributed by atoms with Gasteiger partial charge in [0.2, 0.25) is 11.8 Å². The van der Waals surface area contributed by atoms with Crippen LogP contribution in [0.4, 0.5) is 0 Å². The fraction of sp³-hybridized carbons (Fsp3) is 0.381. The molecule has 1 aliphatic heterocycles. The topological polar surface area (TPSA) is 120 Å². The van der Waals surface area contributed by atoms with Crippen LogP contribution in [0.15, 0.2) is 103 Å². The Morgan fingerprint density at radius 1 is 0.804 bits per heavy atom. The fourth-order valence-electron chi connectivity index (χ4n) is 6.54. The van der Waals surface area contributed by atoms with Crippen LogP contribution in [0, 0.1) is 0 Å². The number of aliphatic hydroxyl groups is 1. The van der Waals surface area contributed by atoms with Crippen molar-refractivity contribution in [2.45, 2.75) is 89.6 Å². The van der Waals surface area contributed by atoms with E-state index in [2.05, 4.69) is 78.8 Å². The summed E-state index contributed by atoms with van der Waals surface area (Å²) in [5, 5.41) is 21.2. The van der Waals surface area contributed by atoms with Crippen LogP contribution in [-0.4, -0.2) is 46.7 Å². The first-order chi connectivity index (χ1) is 24.8. The van der Waals surface area contributed by atoms with E-state index in [1.807, 2.05) is 48.5 Å². The Morgan fingerprint density at radius 2 is 1.45 bits per heavy atom. The minimum atomic E-state index is -0.554. The van der Waals surface area contributed by atoms with E-state index in [1.54, 1.807) is 5.48 Å². The van der Waals surface area contributed by atoms with Gasteiger partial charge < -0.3 is 19.9 Å². The molecule has 4 N–H and O–H groups in total. The third-order valence-electron chi connectivity index (χ3n) is 9.72. The molecule has 0 bridgehead atoms. The number of nitrogens with one attached hydrogen (secondary N) is 2. The summed E-state index contributed by atoms with van der Waals surface area (Å²) in [6.45, 7) is 3.38. The molecule has 0 spiro atoms. The highest BCUT2D eigenvalue weighted by molar-refractivity contribution is 5.76. The molecule has 0 aromatic heterocycles. The summed E-state index contributed by atoms with van der Waals surface area (Å²) < 4.78 is 13.3. The van der Waals surface area contributed by atoms with E-state index >= 15 is 0 Å². The summed E-state index contributed by atoms with van der Waals surface area (Å²) in [5.41, 5.74) is 8.87. The quantitative estimate of drug-likeness (QED) is 0.0512. The number of rotatable bonds is 17. The van der Waals surface area contributed by atoms with Gasteiger partial charge in [0.15, 0.2) is 6.29 Å². The second kappa shape index (κ2) is 19.3. The van der Waals surface area contributed by atoms with Crippen LogP contribution in [0.2, 0.25) is 0 Å². The molecule has 5 rings (SSSR count). The lowest BCUT2D eigenvalue weighted by atomic mass is 9.97. The van der Waals surface area contributed by atoms with E-state index in [-0.39, 0.29) is 43.1 Å². The average molecular weight is 694 g/mol. The molecule has 1 heterocycles. The first kappa shape index (κ1) is 37.9. The van der Waals surface area contributed by atoms with Gasteiger partial charge in [0, 0.05) is 44.0 Å². The fourth-order valence-corrected chi connectivity index (χ4v) is 6.54.